The Kier molecular flexibility index (Phi) is 5.56. The van der Waals surface area contributed by atoms with Crippen LogP contribution in [0.15, 0.2) is 24.3 Å². The Morgan fingerprint density at radius 2 is 1.79 bits per heavy atom. The van der Waals surface area contributed by atoms with Gasteiger partial charge < -0.3 is 10.1 Å². The third-order valence-corrected chi connectivity index (χ3v) is 4.59. The van der Waals surface area contributed by atoms with Gasteiger partial charge in [0.1, 0.15) is 4.88 Å². The van der Waals surface area contributed by atoms with Gasteiger partial charge in [-0.1, -0.05) is 18.2 Å². The first-order valence-electron chi connectivity index (χ1n) is 7.60. The van der Waals surface area contributed by atoms with Crippen LogP contribution in [0.25, 0.3) is 10.1 Å². The van der Waals surface area contributed by atoms with E-state index in [1.807, 2.05) is 31.2 Å². The highest BCUT2D eigenvalue weighted by molar-refractivity contribution is 7.21. The molecular weight excluding hydrogens is 328 g/mol. The molecule has 2 N–H and O–H groups in total. The molecule has 7 heteroatoms. The van der Waals surface area contributed by atoms with Crippen molar-refractivity contribution in [1.82, 2.24) is 10.6 Å². The molecule has 2 rings (SSSR count). The fraction of sp³-hybridized carbons (Fsp3) is 0.353. The van der Waals surface area contributed by atoms with Crippen LogP contribution < -0.4 is 10.6 Å². The molecule has 0 aliphatic heterocycles. The molecule has 3 amide bonds. The van der Waals surface area contributed by atoms with Crippen LogP contribution in [-0.4, -0.2) is 30.1 Å². The smallest absolute Gasteiger partial charge is 0.349 e. The zero-order chi connectivity index (χ0) is 17.9. The number of thiophene rings is 1. The van der Waals surface area contributed by atoms with Gasteiger partial charge in [0.15, 0.2) is 6.10 Å². The molecule has 0 radical (unpaired) electrons. The number of hydrogen-bond donors (Lipinski definition) is 2. The first kappa shape index (κ1) is 17.9. The monoisotopic (exact) mass is 348 g/mol. The van der Waals surface area contributed by atoms with Crippen molar-refractivity contribution in [2.45, 2.75) is 39.8 Å². The summed E-state index contributed by atoms with van der Waals surface area (Å²) in [5.74, 6) is -1.24. The Bertz CT molecular complexity index is 782. The van der Waals surface area contributed by atoms with Crippen molar-refractivity contribution in [1.29, 1.82) is 0 Å². The Labute approximate surface area is 144 Å². The molecule has 1 aromatic carbocycles. The molecule has 0 saturated carbocycles. The maximum atomic E-state index is 12.3. The van der Waals surface area contributed by atoms with E-state index < -0.39 is 24.0 Å². The van der Waals surface area contributed by atoms with E-state index >= 15 is 0 Å². The van der Waals surface area contributed by atoms with E-state index in [-0.39, 0.29) is 6.04 Å². The average molecular weight is 348 g/mol. The SMILES string of the molecule is Cc1c(C(=O)O[C@@H](C)C(=O)NC(=O)NC(C)C)sc2ccccc12. The summed E-state index contributed by atoms with van der Waals surface area (Å²) < 4.78 is 6.18. The van der Waals surface area contributed by atoms with Crippen molar-refractivity contribution in [2.24, 2.45) is 0 Å². The molecule has 0 spiro atoms. The van der Waals surface area contributed by atoms with Crippen molar-refractivity contribution < 1.29 is 19.1 Å². The third kappa shape index (κ3) is 4.11. The van der Waals surface area contributed by atoms with E-state index in [9.17, 15) is 14.4 Å². The minimum atomic E-state index is -1.07. The molecule has 0 unspecified atom stereocenters. The number of rotatable bonds is 4. The summed E-state index contributed by atoms with van der Waals surface area (Å²) in [6.07, 6.45) is -1.07. The molecule has 0 fully saturated rings. The van der Waals surface area contributed by atoms with Crippen LogP contribution in [-0.2, 0) is 9.53 Å². The topological polar surface area (TPSA) is 84.5 Å². The molecule has 24 heavy (non-hydrogen) atoms. The van der Waals surface area contributed by atoms with Crippen LogP contribution in [0.3, 0.4) is 0 Å². The van der Waals surface area contributed by atoms with E-state index in [1.54, 1.807) is 13.8 Å². The highest BCUT2D eigenvalue weighted by Gasteiger charge is 2.23. The van der Waals surface area contributed by atoms with E-state index in [4.69, 9.17) is 4.74 Å². The van der Waals surface area contributed by atoms with E-state index in [2.05, 4.69) is 10.6 Å². The Hall–Kier alpha value is -2.41. The number of hydrogen-bond acceptors (Lipinski definition) is 5. The van der Waals surface area contributed by atoms with Gasteiger partial charge >= 0.3 is 12.0 Å². The van der Waals surface area contributed by atoms with Gasteiger partial charge in [-0.3, -0.25) is 10.1 Å². The second-order valence-corrected chi connectivity index (χ2v) is 6.77. The van der Waals surface area contributed by atoms with Crippen molar-refractivity contribution in [2.75, 3.05) is 0 Å². The molecule has 2 aromatic rings. The fourth-order valence-electron chi connectivity index (χ4n) is 2.15. The second-order valence-electron chi connectivity index (χ2n) is 5.72. The zero-order valence-corrected chi connectivity index (χ0v) is 14.8. The van der Waals surface area contributed by atoms with Crippen LogP contribution in [0.5, 0.6) is 0 Å². The number of nitrogens with one attached hydrogen (secondary N) is 2. The lowest BCUT2D eigenvalue weighted by Gasteiger charge is -2.14. The van der Waals surface area contributed by atoms with Crippen LogP contribution in [0.1, 0.15) is 36.0 Å². The Morgan fingerprint density at radius 3 is 2.42 bits per heavy atom. The van der Waals surface area contributed by atoms with Crippen molar-refractivity contribution >= 4 is 39.3 Å². The molecular formula is C17H20N2O4S. The van der Waals surface area contributed by atoms with Crippen LogP contribution >= 0.6 is 11.3 Å². The molecule has 128 valence electrons. The predicted molar refractivity (Wildman–Crippen MR) is 93.2 cm³/mol. The Balaban J connectivity index is 2.04. The van der Waals surface area contributed by atoms with Gasteiger partial charge in [-0.2, -0.15) is 0 Å². The van der Waals surface area contributed by atoms with Crippen LogP contribution in [0.2, 0.25) is 0 Å². The molecule has 0 aliphatic carbocycles. The maximum absolute atomic E-state index is 12.3. The summed E-state index contributed by atoms with van der Waals surface area (Å²) in [5.41, 5.74) is 0.825. The molecule has 0 aliphatic rings. The normalized spacial score (nSPS) is 12.0. The average Bonchev–Trinajstić information content (AvgIpc) is 2.84. The van der Waals surface area contributed by atoms with E-state index in [0.717, 1.165) is 15.6 Å². The number of carbonyl (C=O) groups excluding carboxylic acids is 3. The number of ether oxygens (including phenoxy) is 1. The van der Waals surface area contributed by atoms with Gasteiger partial charge in [-0.15, -0.1) is 11.3 Å². The predicted octanol–water partition coefficient (Wildman–Crippen LogP) is 2.99. The highest BCUT2D eigenvalue weighted by Crippen LogP contribution is 2.31. The number of benzene rings is 1. The van der Waals surface area contributed by atoms with E-state index in [0.29, 0.717) is 4.88 Å². The van der Waals surface area contributed by atoms with Gasteiger partial charge in [0, 0.05) is 10.7 Å². The lowest BCUT2D eigenvalue weighted by atomic mass is 10.1. The lowest BCUT2D eigenvalue weighted by Crippen LogP contribution is -2.46. The minimum Gasteiger partial charge on any atom is -0.448 e. The number of imide groups is 1. The first-order valence-corrected chi connectivity index (χ1v) is 8.41. The number of urea groups is 1. The number of amides is 3. The van der Waals surface area contributed by atoms with Crippen molar-refractivity contribution in [3.8, 4) is 0 Å². The molecule has 1 atom stereocenters. The van der Waals surface area contributed by atoms with Crippen LogP contribution in [0.4, 0.5) is 4.79 Å². The second kappa shape index (κ2) is 7.44. The van der Waals surface area contributed by atoms with E-state index in [1.165, 1.54) is 18.3 Å². The van der Waals surface area contributed by atoms with Gasteiger partial charge in [-0.25, -0.2) is 9.59 Å². The summed E-state index contributed by atoms with van der Waals surface area (Å²) in [6, 6.07) is 6.95. The lowest BCUT2D eigenvalue weighted by molar-refractivity contribution is -0.127. The van der Waals surface area contributed by atoms with Gasteiger partial charge in [-0.05, 0) is 44.7 Å². The fourth-order valence-corrected chi connectivity index (χ4v) is 3.24. The largest absolute Gasteiger partial charge is 0.448 e. The zero-order valence-electron chi connectivity index (χ0n) is 14.0. The molecule has 0 bridgehead atoms. The van der Waals surface area contributed by atoms with Gasteiger partial charge in [0.05, 0.1) is 0 Å². The maximum Gasteiger partial charge on any atom is 0.349 e. The first-order chi connectivity index (χ1) is 11.3. The summed E-state index contributed by atoms with van der Waals surface area (Å²) in [5, 5.41) is 5.67. The highest BCUT2D eigenvalue weighted by atomic mass is 32.1. The van der Waals surface area contributed by atoms with Crippen molar-refractivity contribution in [3.05, 3.63) is 34.7 Å². The quantitative estimate of drug-likeness (QED) is 0.832. The third-order valence-electron chi connectivity index (χ3n) is 3.34. The summed E-state index contributed by atoms with van der Waals surface area (Å²) in [7, 11) is 0. The van der Waals surface area contributed by atoms with Crippen molar-refractivity contribution in [3.63, 3.8) is 0 Å². The number of carbonyl (C=O) groups is 3. The molecule has 0 saturated heterocycles. The number of aryl methyl sites for hydroxylation is 1. The summed E-state index contributed by atoms with van der Waals surface area (Å²) >= 11 is 1.32. The molecule has 1 aromatic heterocycles. The summed E-state index contributed by atoms with van der Waals surface area (Å²) in [4.78, 5) is 36.2. The Morgan fingerprint density at radius 1 is 1.12 bits per heavy atom. The summed E-state index contributed by atoms with van der Waals surface area (Å²) in [6.45, 7) is 6.82. The number of fused-ring (bicyclic) bond motifs is 1. The molecule has 1 heterocycles. The minimum absolute atomic E-state index is 0.100. The number of esters is 1. The van der Waals surface area contributed by atoms with Gasteiger partial charge in [0.2, 0.25) is 0 Å². The standard InChI is InChI=1S/C17H20N2O4S/c1-9(2)18-17(22)19-15(20)11(4)23-16(21)14-10(3)12-7-5-6-8-13(12)24-14/h5-9,11H,1-4H3,(H2,18,19,20,22)/t11-/m0/s1. The van der Waals surface area contributed by atoms with Gasteiger partial charge in [0.25, 0.3) is 5.91 Å². The van der Waals surface area contributed by atoms with Crippen LogP contribution in [0, 0.1) is 6.92 Å². The molecule has 6 nitrogen and oxygen atoms in total.